The average Bonchev–Trinajstić information content (AvgIpc) is 2.64. The Kier molecular flexibility index (Phi) is 5.85. The van der Waals surface area contributed by atoms with Gasteiger partial charge in [-0.25, -0.2) is 0 Å². The molecule has 3 nitrogen and oxygen atoms in total. The number of thiophene rings is 1. The van der Waals surface area contributed by atoms with Crippen LogP contribution in [-0.2, 0) is 11.3 Å². The van der Waals surface area contributed by atoms with Crippen molar-refractivity contribution in [2.45, 2.75) is 32.2 Å². The molecule has 2 rings (SSSR count). The Morgan fingerprint density at radius 3 is 2.63 bits per heavy atom. The minimum Gasteiger partial charge on any atom is -0.342 e. The van der Waals surface area contributed by atoms with Crippen molar-refractivity contribution >= 4 is 33.2 Å². The van der Waals surface area contributed by atoms with Gasteiger partial charge in [0, 0.05) is 19.6 Å². The highest BCUT2D eigenvalue weighted by Gasteiger charge is 2.17. The minimum absolute atomic E-state index is 0.277. The second-order valence-electron chi connectivity index (χ2n) is 5.23. The summed E-state index contributed by atoms with van der Waals surface area (Å²) in [6.07, 6.45) is 4.85. The fourth-order valence-electron chi connectivity index (χ4n) is 2.45. The summed E-state index contributed by atoms with van der Waals surface area (Å²) in [5, 5.41) is 2.14. The highest BCUT2D eigenvalue weighted by atomic mass is 79.9. The molecule has 106 valence electrons. The summed E-state index contributed by atoms with van der Waals surface area (Å²) in [7, 11) is 2.02. The molecule has 0 aromatic carbocycles. The first-order valence-corrected chi connectivity index (χ1v) is 8.51. The lowest BCUT2D eigenvalue weighted by Gasteiger charge is -2.23. The van der Waals surface area contributed by atoms with Gasteiger partial charge in [0.25, 0.3) is 0 Å². The van der Waals surface area contributed by atoms with Crippen molar-refractivity contribution in [3.05, 3.63) is 20.8 Å². The van der Waals surface area contributed by atoms with E-state index in [1.807, 2.05) is 11.9 Å². The van der Waals surface area contributed by atoms with Crippen molar-refractivity contribution in [3.8, 4) is 0 Å². The number of carbonyl (C=O) groups excluding carboxylic acids is 1. The van der Waals surface area contributed by atoms with Crippen LogP contribution in [0.5, 0.6) is 0 Å². The van der Waals surface area contributed by atoms with Crippen molar-refractivity contribution < 1.29 is 4.79 Å². The molecule has 1 amide bonds. The standard InChI is InChI=1S/C14H21BrN2OS/c1-16(9-12-8-13(15)19-11-12)10-14(18)17-6-4-2-3-5-7-17/h8,11H,2-7,9-10H2,1H3. The van der Waals surface area contributed by atoms with Crippen molar-refractivity contribution in [1.82, 2.24) is 9.80 Å². The largest absolute Gasteiger partial charge is 0.342 e. The number of amides is 1. The Morgan fingerprint density at radius 2 is 2.05 bits per heavy atom. The molecule has 0 aliphatic carbocycles. The Balaban J connectivity index is 1.80. The quantitative estimate of drug-likeness (QED) is 0.836. The lowest BCUT2D eigenvalue weighted by atomic mass is 10.2. The molecule has 0 spiro atoms. The van der Waals surface area contributed by atoms with Gasteiger partial charge in [-0.15, -0.1) is 11.3 Å². The molecule has 0 unspecified atom stereocenters. The van der Waals surface area contributed by atoms with E-state index < -0.39 is 0 Å². The number of nitrogens with zero attached hydrogens (tertiary/aromatic N) is 2. The van der Waals surface area contributed by atoms with Gasteiger partial charge in [0.05, 0.1) is 10.3 Å². The van der Waals surface area contributed by atoms with Gasteiger partial charge < -0.3 is 4.90 Å². The smallest absolute Gasteiger partial charge is 0.236 e. The van der Waals surface area contributed by atoms with Crippen molar-refractivity contribution in [3.63, 3.8) is 0 Å². The van der Waals surface area contributed by atoms with Gasteiger partial charge in [0.15, 0.2) is 0 Å². The molecule has 1 aliphatic heterocycles. The summed E-state index contributed by atoms with van der Waals surface area (Å²) in [6, 6.07) is 2.12. The topological polar surface area (TPSA) is 23.6 Å². The zero-order chi connectivity index (χ0) is 13.7. The predicted octanol–water partition coefficient (Wildman–Crippen LogP) is 3.35. The van der Waals surface area contributed by atoms with Crippen LogP contribution in [-0.4, -0.2) is 42.4 Å². The van der Waals surface area contributed by atoms with Crippen molar-refractivity contribution in [2.75, 3.05) is 26.7 Å². The van der Waals surface area contributed by atoms with E-state index in [9.17, 15) is 4.79 Å². The van der Waals surface area contributed by atoms with E-state index in [1.54, 1.807) is 11.3 Å². The van der Waals surface area contributed by atoms with E-state index >= 15 is 0 Å². The molecule has 1 saturated heterocycles. The third-order valence-corrected chi connectivity index (χ3v) is 4.99. The minimum atomic E-state index is 0.277. The predicted molar refractivity (Wildman–Crippen MR) is 83.4 cm³/mol. The van der Waals surface area contributed by atoms with Crippen LogP contribution in [0.1, 0.15) is 31.2 Å². The molecule has 19 heavy (non-hydrogen) atoms. The third kappa shape index (κ3) is 4.89. The number of likely N-dealkylation sites (tertiary alicyclic amines) is 1. The number of halogens is 1. The Morgan fingerprint density at radius 1 is 1.37 bits per heavy atom. The van der Waals surface area contributed by atoms with E-state index in [1.165, 1.54) is 18.4 Å². The maximum Gasteiger partial charge on any atom is 0.236 e. The number of rotatable bonds is 4. The molecule has 5 heteroatoms. The molecule has 0 saturated carbocycles. The number of hydrogen-bond acceptors (Lipinski definition) is 3. The number of likely N-dealkylation sites (N-methyl/N-ethyl adjacent to an activating group) is 1. The van der Waals surface area contributed by atoms with Crippen LogP contribution in [0.3, 0.4) is 0 Å². The number of carbonyl (C=O) groups is 1. The maximum absolute atomic E-state index is 12.2. The fourth-order valence-corrected chi connectivity index (χ4v) is 3.65. The molecule has 2 heterocycles. The van der Waals surface area contributed by atoms with E-state index in [-0.39, 0.29) is 5.91 Å². The summed E-state index contributed by atoms with van der Waals surface area (Å²) < 4.78 is 1.15. The lowest BCUT2D eigenvalue weighted by molar-refractivity contribution is -0.132. The molecule has 0 atom stereocenters. The maximum atomic E-state index is 12.2. The summed E-state index contributed by atoms with van der Waals surface area (Å²) in [4.78, 5) is 16.4. The molecule has 1 aliphatic rings. The van der Waals surface area contributed by atoms with Gasteiger partial charge >= 0.3 is 0 Å². The van der Waals surface area contributed by atoms with E-state index in [2.05, 4.69) is 32.3 Å². The van der Waals surface area contributed by atoms with Crippen LogP contribution >= 0.6 is 27.3 Å². The van der Waals surface area contributed by atoms with Crippen LogP contribution in [0, 0.1) is 0 Å². The van der Waals surface area contributed by atoms with E-state index in [0.717, 1.165) is 36.3 Å². The Hall–Kier alpha value is -0.390. The molecule has 0 radical (unpaired) electrons. The van der Waals surface area contributed by atoms with Gasteiger partial charge in [0.2, 0.25) is 5.91 Å². The van der Waals surface area contributed by atoms with Crippen LogP contribution in [0.25, 0.3) is 0 Å². The molecule has 0 bridgehead atoms. The van der Waals surface area contributed by atoms with E-state index in [4.69, 9.17) is 0 Å². The second kappa shape index (κ2) is 7.41. The third-order valence-electron chi connectivity index (χ3n) is 3.44. The Labute approximate surface area is 127 Å². The van der Waals surface area contributed by atoms with E-state index in [0.29, 0.717) is 6.54 Å². The zero-order valence-corrected chi connectivity index (χ0v) is 13.8. The zero-order valence-electron chi connectivity index (χ0n) is 11.4. The molecule has 1 aromatic rings. The molecule has 1 aromatic heterocycles. The lowest BCUT2D eigenvalue weighted by Crippen LogP contribution is -2.39. The van der Waals surface area contributed by atoms with Crippen molar-refractivity contribution in [1.29, 1.82) is 0 Å². The fraction of sp³-hybridized carbons (Fsp3) is 0.643. The summed E-state index contributed by atoms with van der Waals surface area (Å²) >= 11 is 5.16. The normalized spacial score (nSPS) is 16.7. The van der Waals surface area contributed by atoms with Crippen LogP contribution in [0.2, 0.25) is 0 Å². The second-order valence-corrected chi connectivity index (χ2v) is 7.52. The molecule has 0 N–H and O–H groups in total. The monoisotopic (exact) mass is 344 g/mol. The number of hydrogen-bond donors (Lipinski definition) is 0. The summed E-state index contributed by atoms with van der Waals surface area (Å²) in [6.45, 7) is 3.24. The van der Waals surface area contributed by atoms with Gasteiger partial charge in [-0.1, -0.05) is 12.8 Å². The summed E-state index contributed by atoms with van der Waals surface area (Å²) in [5.41, 5.74) is 1.27. The average molecular weight is 345 g/mol. The van der Waals surface area contributed by atoms with Gasteiger partial charge in [-0.2, -0.15) is 0 Å². The molecular weight excluding hydrogens is 324 g/mol. The van der Waals surface area contributed by atoms with Crippen LogP contribution in [0.4, 0.5) is 0 Å². The Bertz CT molecular complexity index is 413. The first-order valence-electron chi connectivity index (χ1n) is 6.84. The first kappa shape index (κ1) is 15.0. The van der Waals surface area contributed by atoms with Crippen molar-refractivity contribution in [2.24, 2.45) is 0 Å². The van der Waals surface area contributed by atoms with Crippen LogP contribution < -0.4 is 0 Å². The highest BCUT2D eigenvalue weighted by Crippen LogP contribution is 2.21. The SMILES string of the molecule is CN(CC(=O)N1CCCCCC1)Cc1csc(Br)c1. The van der Waals surface area contributed by atoms with Gasteiger partial charge in [-0.05, 0) is 52.8 Å². The highest BCUT2D eigenvalue weighted by molar-refractivity contribution is 9.11. The summed E-state index contributed by atoms with van der Waals surface area (Å²) in [5.74, 6) is 0.277. The van der Waals surface area contributed by atoms with Gasteiger partial charge in [-0.3, -0.25) is 9.69 Å². The molecular formula is C14H21BrN2OS. The molecule has 1 fully saturated rings. The van der Waals surface area contributed by atoms with Gasteiger partial charge in [0.1, 0.15) is 0 Å². The first-order chi connectivity index (χ1) is 9.15. The van der Waals surface area contributed by atoms with Crippen LogP contribution in [0.15, 0.2) is 15.2 Å².